The number of carbonyl (C=O) groups is 6. The number of aromatic hydroxyl groups is 1. The van der Waals surface area contributed by atoms with Crippen LogP contribution in [-0.4, -0.2) is 83.8 Å². The Hall–Kier alpha value is -4.43. The van der Waals surface area contributed by atoms with Crippen molar-refractivity contribution < 1.29 is 33.9 Å². The van der Waals surface area contributed by atoms with Gasteiger partial charge < -0.3 is 37.4 Å². The third kappa shape index (κ3) is 12.8. The van der Waals surface area contributed by atoms with Gasteiger partial charge in [-0.1, -0.05) is 61.2 Å². The molecule has 0 radical (unpaired) electrons. The Kier molecular flexibility index (Phi) is 14.5. The largest absolute Gasteiger partial charge is 0.508 e. The summed E-state index contributed by atoms with van der Waals surface area (Å²) in [5.41, 5.74) is 6.76. The molecule has 0 heterocycles. The second kappa shape index (κ2) is 18.1. The van der Waals surface area contributed by atoms with Crippen molar-refractivity contribution in [3.05, 3.63) is 65.7 Å². The molecule has 0 saturated carbocycles. The van der Waals surface area contributed by atoms with Crippen LogP contribution in [0.3, 0.4) is 0 Å². The molecule has 0 aliphatic rings. The van der Waals surface area contributed by atoms with Crippen molar-refractivity contribution >= 4 is 46.4 Å². The summed E-state index contributed by atoms with van der Waals surface area (Å²) in [5, 5.41) is 21.7. The molecular formula is C28H36N6O7S. The fraction of sp³-hybridized carbons (Fsp3) is 0.357. The molecule has 14 heteroatoms. The molecule has 0 bridgehead atoms. The molecule has 42 heavy (non-hydrogen) atoms. The fourth-order valence-electron chi connectivity index (χ4n) is 3.66. The van der Waals surface area contributed by atoms with Crippen LogP contribution in [0.4, 0.5) is 0 Å². The third-order valence-electron chi connectivity index (χ3n) is 5.73. The van der Waals surface area contributed by atoms with Gasteiger partial charge in [0.15, 0.2) is 0 Å². The number of hydrogen-bond donors (Lipinski definition) is 7. The maximum Gasteiger partial charge on any atom is 0.243 e. The topological polar surface area (TPSA) is 209 Å². The molecule has 2 atom stereocenters. The summed E-state index contributed by atoms with van der Waals surface area (Å²) < 4.78 is 0. The zero-order valence-electron chi connectivity index (χ0n) is 23.2. The second-order valence-corrected chi connectivity index (χ2v) is 10.3. The maximum absolute atomic E-state index is 12.9. The van der Waals surface area contributed by atoms with Gasteiger partial charge in [-0.05, 0) is 29.0 Å². The van der Waals surface area contributed by atoms with Gasteiger partial charge in [-0.3, -0.25) is 28.8 Å². The lowest BCUT2D eigenvalue weighted by molar-refractivity contribution is -0.131. The van der Waals surface area contributed by atoms with Crippen LogP contribution in [-0.2, 0) is 41.6 Å². The van der Waals surface area contributed by atoms with Crippen molar-refractivity contribution in [3.8, 4) is 5.75 Å². The normalized spacial score (nSPS) is 11.9. The minimum absolute atomic E-state index is 0.0401. The van der Waals surface area contributed by atoms with Crippen LogP contribution in [0.2, 0.25) is 0 Å². The van der Waals surface area contributed by atoms with Crippen molar-refractivity contribution in [2.24, 2.45) is 5.73 Å². The highest BCUT2D eigenvalue weighted by Gasteiger charge is 2.24. The molecule has 2 rings (SSSR count). The van der Waals surface area contributed by atoms with Gasteiger partial charge in [-0.2, -0.15) is 0 Å². The Morgan fingerprint density at radius 1 is 0.714 bits per heavy atom. The summed E-state index contributed by atoms with van der Waals surface area (Å²) in [7, 11) is 0. The highest BCUT2D eigenvalue weighted by Crippen LogP contribution is 2.11. The van der Waals surface area contributed by atoms with Gasteiger partial charge >= 0.3 is 0 Å². The zero-order valence-corrected chi connectivity index (χ0v) is 24.0. The van der Waals surface area contributed by atoms with E-state index in [0.717, 1.165) is 17.3 Å². The Labute approximate surface area is 247 Å². The van der Waals surface area contributed by atoms with E-state index < -0.39 is 54.7 Å². The zero-order chi connectivity index (χ0) is 30.9. The quantitative estimate of drug-likeness (QED) is 0.122. The highest BCUT2D eigenvalue weighted by atomic mass is 32.2. The molecule has 0 saturated heterocycles. The number of amides is 5. The van der Waals surface area contributed by atoms with E-state index in [1.165, 1.54) is 12.1 Å². The first kappa shape index (κ1) is 33.8. The molecule has 0 spiro atoms. The number of hydrogen-bond acceptors (Lipinski definition) is 9. The van der Waals surface area contributed by atoms with Crippen molar-refractivity contribution in [1.82, 2.24) is 26.6 Å². The third-order valence-corrected chi connectivity index (χ3v) is 6.48. The van der Waals surface area contributed by atoms with Crippen molar-refractivity contribution in [1.29, 1.82) is 0 Å². The molecular weight excluding hydrogens is 564 g/mol. The van der Waals surface area contributed by atoms with E-state index in [9.17, 15) is 33.9 Å². The van der Waals surface area contributed by atoms with Gasteiger partial charge in [0.05, 0.1) is 26.2 Å². The lowest BCUT2D eigenvalue weighted by atomic mass is 10.0. The summed E-state index contributed by atoms with van der Waals surface area (Å²) >= 11 is 1.07. The average Bonchev–Trinajstić information content (AvgIpc) is 2.98. The predicted octanol–water partition coefficient (Wildman–Crippen LogP) is -1.27. The van der Waals surface area contributed by atoms with Crippen LogP contribution in [0, 0.1) is 0 Å². The molecule has 0 aliphatic carbocycles. The molecule has 0 aromatic heterocycles. The first-order chi connectivity index (χ1) is 20.1. The van der Waals surface area contributed by atoms with Crippen LogP contribution < -0.4 is 32.3 Å². The van der Waals surface area contributed by atoms with Crippen LogP contribution in [0.5, 0.6) is 5.75 Å². The molecule has 2 aromatic carbocycles. The second-order valence-electron chi connectivity index (χ2n) is 9.02. The number of carbonyl (C=O) groups excluding carboxylic acids is 6. The molecule has 13 nitrogen and oxygen atoms in total. The summed E-state index contributed by atoms with van der Waals surface area (Å²) in [6.07, 6.45) is 0.180. The van der Waals surface area contributed by atoms with Gasteiger partial charge in [0, 0.05) is 12.8 Å². The van der Waals surface area contributed by atoms with E-state index in [4.69, 9.17) is 5.73 Å². The lowest BCUT2D eigenvalue weighted by Gasteiger charge is -2.20. The van der Waals surface area contributed by atoms with Gasteiger partial charge in [0.25, 0.3) is 0 Å². The van der Waals surface area contributed by atoms with E-state index >= 15 is 0 Å². The number of rotatable bonds is 16. The number of thioether (sulfide) groups is 1. The molecule has 8 N–H and O–H groups in total. The summed E-state index contributed by atoms with van der Waals surface area (Å²) in [4.78, 5) is 74.1. The summed E-state index contributed by atoms with van der Waals surface area (Å²) in [6.45, 7) is 0.395. The predicted molar refractivity (Wildman–Crippen MR) is 157 cm³/mol. The van der Waals surface area contributed by atoms with Gasteiger partial charge in [-0.25, -0.2) is 0 Å². The smallest absolute Gasteiger partial charge is 0.243 e. The van der Waals surface area contributed by atoms with Crippen molar-refractivity contribution in [2.45, 2.75) is 31.8 Å². The maximum atomic E-state index is 12.9. The molecule has 2 aromatic rings. The van der Waals surface area contributed by atoms with E-state index in [1.54, 1.807) is 42.5 Å². The van der Waals surface area contributed by atoms with Crippen molar-refractivity contribution in [3.63, 3.8) is 0 Å². The molecule has 0 unspecified atom stereocenters. The van der Waals surface area contributed by atoms with Gasteiger partial charge in [0.1, 0.15) is 17.8 Å². The standard InChI is InChI=1S/C28H36N6O7S/c1-2-42-26(39)17-30-24(37)15-31-28(41)22(12-18-6-4-3-5-7-18)34-25(38)16-32-27(40)21(33-23(36)14-29)13-19-8-10-20(35)11-9-19/h3-11,21-22,35H,2,12-17,29H2,1H3,(H,30,37)(H,31,41)(H,32,40)(H,33,36)(H,34,38)/t21-,22-/m0/s1. The Morgan fingerprint density at radius 2 is 1.24 bits per heavy atom. The van der Waals surface area contributed by atoms with E-state index in [1.807, 2.05) is 6.92 Å². The van der Waals surface area contributed by atoms with Crippen molar-refractivity contribution in [2.75, 3.05) is 31.9 Å². The van der Waals surface area contributed by atoms with Crippen LogP contribution in [0.25, 0.3) is 0 Å². The molecule has 226 valence electrons. The first-order valence-electron chi connectivity index (χ1n) is 13.2. The number of nitrogens with one attached hydrogen (secondary N) is 5. The summed E-state index contributed by atoms with van der Waals surface area (Å²) in [5.74, 6) is -2.49. The van der Waals surface area contributed by atoms with Crippen LogP contribution >= 0.6 is 11.8 Å². The van der Waals surface area contributed by atoms with Gasteiger partial charge in [0.2, 0.25) is 34.7 Å². The fourth-order valence-corrected chi connectivity index (χ4v) is 4.16. The molecule has 0 fully saturated rings. The molecule has 0 aliphatic heterocycles. The Bertz CT molecular complexity index is 1230. The van der Waals surface area contributed by atoms with E-state index in [0.29, 0.717) is 11.3 Å². The number of benzene rings is 2. The Balaban J connectivity index is 1.99. The monoisotopic (exact) mass is 600 g/mol. The highest BCUT2D eigenvalue weighted by molar-refractivity contribution is 8.13. The van der Waals surface area contributed by atoms with E-state index in [2.05, 4.69) is 26.6 Å². The summed E-state index contributed by atoms with van der Waals surface area (Å²) in [6, 6.07) is 12.8. The minimum atomic E-state index is -1.08. The lowest BCUT2D eigenvalue weighted by Crippen LogP contribution is -2.54. The van der Waals surface area contributed by atoms with Gasteiger partial charge in [-0.15, -0.1) is 0 Å². The van der Waals surface area contributed by atoms with Crippen LogP contribution in [0.15, 0.2) is 54.6 Å². The van der Waals surface area contributed by atoms with Crippen LogP contribution in [0.1, 0.15) is 18.1 Å². The van der Waals surface area contributed by atoms with E-state index in [-0.39, 0.29) is 36.8 Å². The SMILES string of the molecule is CCSC(=O)CNC(=O)CNC(=O)[C@H](Cc1ccccc1)NC(=O)CNC(=O)[C@H](Cc1ccc(O)cc1)NC(=O)CN. The number of nitrogens with two attached hydrogens (primary N) is 1. The Morgan fingerprint density at radius 3 is 1.79 bits per heavy atom. The molecule has 5 amide bonds. The number of phenols is 1. The first-order valence-corrected chi connectivity index (χ1v) is 14.2. The average molecular weight is 601 g/mol. The number of phenolic OH excluding ortho intramolecular Hbond substituents is 1. The minimum Gasteiger partial charge on any atom is -0.508 e.